The molecule has 0 saturated carbocycles. The Hall–Kier alpha value is -2.44. The molecular formula is C17H26N4O3. The van der Waals surface area contributed by atoms with Gasteiger partial charge in [0, 0.05) is 13.1 Å². The van der Waals surface area contributed by atoms with E-state index in [1.54, 1.807) is 20.8 Å². The van der Waals surface area contributed by atoms with Crippen molar-refractivity contribution in [2.45, 2.75) is 44.8 Å². The molecule has 1 aromatic rings. The van der Waals surface area contributed by atoms with Crippen molar-refractivity contribution in [3.8, 4) is 0 Å². The number of carbonyl (C=O) groups is 2. The molecule has 132 valence electrons. The van der Waals surface area contributed by atoms with Crippen molar-refractivity contribution in [3.05, 3.63) is 24.3 Å². The molecule has 0 unspecified atom stereocenters. The maximum Gasteiger partial charge on any atom is 0.408 e. The van der Waals surface area contributed by atoms with Crippen molar-refractivity contribution in [1.29, 1.82) is 0 Å². The van der Waals surface area contributed by atoms with Crippen LogP contribution in [0.3, 0.4) is 0 Å². The number of alkyl carbamates (subject to hydrolysis) is 1. The molecule has 0 aromatic heterocycles. The highest BCUT2D eigenvalue weighted by atomic mass is 16.6. The number of benzene rings is 1. The minimum atomic E-state index is -1.09. The Balaban J connectivity index is 2.08. The number of ether oxygens (including phenoxy) is 1. The number of nitrogens with two attached hydrogens (primary N) is 2. The van der Waals surface area contributed by atoms with Crippen LogP contribution in [0.1, 0.15) is 33.6 Å². The number of rotatable bonds is 3. The third kappa shape index (κ3) is 4.10. The zero-order valence-corrected chi connectivity index (χ0v) is 14.5. The second-order valence-corrected chi connectivity index (χ2v) is 7.12. The average molecular weight is 334 g/mol. The molecule has 2 amide bonds. The van der Waals surface area contributed by atoms with E-state index in [9.17, 15) is 9.59 Å². The highest BCUT2D eigenvalue weighted by Crippen LogP contribution is 2.30. The van der Waals surface area contributed by atoms with Crippen LogP contribution in [0, 0.1) is 0 Å². The number of anilines is 2. The summed E-state index contributed by atoms with van der Waals surface area (Å²) in [5, 5.41) is 2.68. The van der Waals surface area contributed by atoms with Gasteiger partial charge in [-0.2, -0.15) is 0 Å². The van der Waals surface area contributed by atoms with Crippen LogP contribution in [-0.4, -0.2) is 36.2 Å². The van der Waals surface area contributed by atoms with Crippen molar-refractivity contribution < 1.29 is 14.3 Å². The third-order valence-electron chi connectivity index (χ3n) is 4.11. The number of primary amides is 1. The molecule has 2 rings (SSSR count). The smallest absolute Gasteiger partial charge is 0.408 e. The normalized spacial score (nSPS) is 17.2. The maximum atomic E-state index is 12.1. The van der Waals surface area contributed by atoms with Crippen LogP contribution in [-0.2, 0) is 9.53 Å². The summed E-state index contributed by atoms with van der Waals surface area (Å²) in [5.41, 5.74) is 11.5. The fourth-order valence-corrected chi connectivity index (χ4v) is 2.84. The van der Waals surface area contributed by atoms with Crippen molar-refractivity contribution >= 4 is 23.4 Å². The van der Waals surface area contributed by atoms with E-state index in [0.717, 1.165) is 5.69 Å². The molecule has 0 bridgehead atoms. The van der Waals surface area contributed by atoms with Crippen molar-refractivity contribution in [2.75, 3.05) is 23.7 Å². The van der Waals surface area contributed by atoms with E-state index in [4.69, 9.17) is 16.2 Å². The monoisotopic (exact) mass is 334 g/mol. The lowest BCUT2D eigenvalue weighted by Crippen LogP contribution is -2.63. The molecular weight excluding hydrogens is 308 g/mol. The minimum absolute atomic E-state index is 0.399. The van der Waals surface area contributed by atoms with Gasteiger partial charge in [0.1, 0.15) is 11.1 Å². The van der Waals surface area contributed by atoms with Gasteiger partial charge in [0.2, 0.25) is 5.91 Å². The molecule has 1 aliphatic rings. The highest BCUT2D eigenvalue weighted by Gasteiger charge is 2.42. The van der Waals surface area contributed by atoms with Gasteiger partial charge in [-0.25, -0.2) is 4.79 Å². The van der Waals surface area contributed by atoms with E-state index in [-0.39, 0.29) is 0 Å². The Morgan fingerprint density at radius 1 is 1.21 bits per heavy atom. The second-order valence-electron chi connectivity index (χ2n) is 7.12. The topological polar surface area (TPSA) is 111 Å². The largest absolute Gasteiger partial charge is 0.444 e. The van der Waals surface area contributed by atoms with Crippen LogP contribution in [0.15, 0.2) is 24.3 Å². The Bertz CT molecular complexity index is 617. The number of hydrogen-bond donors (Lipinski definition) is 3. The molecule has 0 aliphatic carbocycles. The van der Waals surface area contributed by atoms with Gasteiger partial charge in [0.25, 0.3) is 0 Å². The van der Waals surface area contributed by atoms with E-state index in [2.05, 4.69) is 10.2 Å². The standard InChI is InChI=1S/C17H26N4O3/c1-16(2,3)24-15(23)20-17(14(19)22)8-10-21(11-9-17)13-7-5-4-6-12(13)18/h4-7H,8-11,18H2,1-3H3,(H2,19,22)(H,20,23). The van der Waals surface area contributed by atoms with Crippen LogP contribution in [0.25, 0.3) is 0 Å². The predicted octanol–water partition coefficient (Wildman–Crippen LogP) is 1.62. The summed E-state index contributed by atoms with van der Waals surface area (Å²) in [6, 6.07) is 7.57. The first-order valence-electron chi connectivity index (χ1n) is 8.03. The van der Waals surface area contributed by atoms with Gasteiger partial charge in [-0.3, -0.25) is 4.79 Å². The van der Waals surface area contributed by atoms with Gasteiger partial charge >= 0.3 is 6.09 Å². The van der Waals surface area contributed by atoms with E-state index in [1.807, 2.05) is 24.3 Å². The first kappa shape index (κ1) is 17.9. The molecule has 1 heterocycles. The van der Waals surface area contributed by atoms with Crippen LogP contribution >= 0.6 is 0 Å². The summed E-state index contributed by atoms with van der Waals surface area (Å²) >= 11 is 0. The quantitative estimate of drug-likeness (QED) is 0.727. The molecule has 1 fully saturated rings. The minimum Gasteiger partial charge on any atom is -0.444 e. The third-order valence-corrected chi connectivity index (χ3v) is 4.11. The molecule has 1 saturated heterocycles. The first-order chi connectivity index (χ1) is 11.1. The molecule has 5 N–H and O–H groups in total. The number of hydrogen-bond acceptors (Lipinski definition) is 5. The fraction of sp³-hybridized carbons (Fsp3) is 0.529. The molecule has 7 nitrogen and oxygen atoms in total. The highest BCUT2D eigenvalue weighted by molar-refractivity contribution is 5.89. The molecule has 0 atom stereocenters. The fourth-order valence-electron chi connectivity index (χ4n) is 2.84. The van der Waals surface area contributed by atoms with Gasteiger partial charge < -0.3 is 26.4 Å². The van der Waals surface area contributed by atoms with Crippen molar-refractivity contribution in [1.82, 2.24) is 5.32 Å². The number of piperidine rings is 1. The summed E-state index contributed by atoms with van der Waals surface area (Å²) in [5.74, 6) is -0.547. The van der Waals surface area contributed by atoms with Crippen molar-refractivity contribution in [2.24, 2.45) is 5.73 Å². The lowest BCUT2D eigenvalue weighted by atomic mass is 9.86. The Labute approximate surface area is 142 Å². The van der Waals surface area contributed by atoms with Gasteiger partial charge in [0.05, 0.1) is 11.4 Å². The van der Waals surface area contributed by atoms with Crippen LogP contribution in [0.5, 0.6) is 0 Å². The second kappa shape index (κ2) is 6.59. The predicted molar refractivity (Wildman–Crippen MR) is 93.6 cm³/mol. The number of carbonyl (C=O) groups excluding carboxylic acids is 2. The summed E-state index contributed by atoms with van der Waals surface area (Å²) in [7, 11) is 0. The summed E-state index contributed by atoms with van der Waals surface area (Å²) < 4.78 is 5.25. The lowest BCUT2D eigenvalue weighted by Gasteiger charge is -2.41. The van der Waals surface area contributed by atoms with Gasteiger partial charge in [0.15, 0.2) is 0 Å². The van der Waals surface area contributed by atoms with E-state index in [0.29, 0.717) is 31.6 Å². The Morgan fingerprint density at radius 3 is 2.29 bits per heavy atom. The van der Waals surface area contributed by atoms with Crippen LogP contribution < -0.4 is 21.7 Å². The number of para-hydroxylation sites is 2. The van der Waals surface area contributed by atoms with E-state index >= 15 is 0 Å². The Morgan fingerprint density at radius 2 is 1.79 bits per heavy atom. The zero-order chi connectivity index (χ0) is 18.0. The molecule has 0 spiro atoms. The number of amides is 2. The SMILES string of the molecule is CC(C)(C)OC(=O)NC1(C(N)=O)CCN(c2ccccc2N)CC1. The van der Waals surface area contributed by atoms with Crippen LogP contribution in [0.4, 0.5) is 16.2 Å². The lowest BCUT2D eigenvalue weighted by molar-refractivity contribution is -0.125. The first-order valence-corrected chi connectivity index (χ1v) is 8.03. The zero-order valence-electron chi connectivity index (χ0n) is 14.5. The van der Waals surface area contributed by atoms with E-state index in [1.165, 1.54) is 0 Å². The molecule has 1 aliphatic heterocycles. The van der Waals surface area contributed by atoms with Gasteiger partial charge in [-0.05, 0) is 45.7 Å². The maximum absolute atomic E-state index is 12.1. The van der Waals surface area contributed by atoms with E-state index < -0.39 is 23.1 Å². The Kier molecular flexibility index (Phi) is 4.91. The molecule has 0 radical (unpaired) electrons. The van der Waals surface area contributed by atoms with Crippen LogP contribution in [0.2, 0.25) is 0 Å². The molecule has 7 heteroatoms. The average Bonchev–Trinajstić information content (AvgIpc) is 2.46. The van der Waals surface area contributed by atoms with Gasteiger partial charge in [-0.1, -0.05) is 12.1 Å². The molecule has 24 heavy (non-hydrogen) atoms. The number of nitrogen functional groups attached to an aromatic ring is 1. The van der Waals surface area contributed by atoms with Gasteiger partial charge in [-0.15, -0.1) is 0 Å². The number of nitrogens with one attached hydrogen (secondary N) is 1. The summed E-state index contributed by atoms with van der Waals surface area (Å²) in [6.45, 7) is 6.43. The number of nitrogens with zero attached hydrogens (tertiary/aromatic N) is 1. The molecule has 1 aromatic carbocycles. The van der Waals surface area contributed by atoms with Crippen molar-refractivity contribution in [3.63, 3.8) is 0 Å². The summed E-state index contributed by atoms with van der Waals surface area (Å²) in [6.07, 6.45) is 0.167. The summed E-state index contributed by atoms with van der Waals surface area (Å²) in [4.78, 5) is 26.2.